The van der Waals surface area contributed by atoms with Crippen LogP contribution >= 0.6 is 0 Å². The number of rotatable bonds is 10. The van der Waals surface area contributed by atoms with Crippen LogP contribution in [-0.2, 0) is 27.2 Å². The number of aromatic hydroxyl groups is 1. The van der Waals surface area contributed by atoms with Crippen molar-refractivity contribution in [2.75, 3.05) is 0 Å². The van der Waals surface area contributed by atoms with Gasteiger partial charge < -0.3 is 36.7 Å². The van der Waals surface area contributed by atoms with E-state index in [1.54, 1.807) is 18.3 Å². The highest BCUT2D eigenvalue weighted by Crippen LogP contribution is 2.19. The smallest absolute Gasteiger partial charge is 0.326 e. The molecule has 0 spiro atoms. The molecular formula is C24H28N4O6. The lowest BCUT2D eigenvalue weighted by atomic mass is 10.0. The number of para-hydroxylation sites is 1. The number of phenols is 1. The van der Waals surface area contributed by atoms with Gasteiger partial charge in [0.05, 0.1) is 12.1 Å². The second-order valence-electron chi connectivity index (χ2n) is 8.17. The number of aliphatic hydroxyl groups excluding tert-OH is 1. The zero-order valence-corrected chi connectivity index (χ0v) is 18.6. The predicted molar refractivity (Wildman–Crippen MR) is 125 cm³/mol. The summed E-state index contributed by atoms with van der Waals surface area (Å²) in [5.41, 5.74) is 8.18. The van der Waals surface area contributed by atoms with Gasteiger partial charge in [-0.15, -0.1) is 0 Å². The number of benzene rings is 2. The molecule has 0 aliphatic heterocycles. The number of H-pyrrole nitrogens is 1. The molecule has 0 fully saturated rings. The average molecular weight is 469 g/mol. The lowest BCUT2D eigenvalue weighted by Gasteiger charge is -2.24. The van der Waals surface area contributed by atoms with Gasteiger partial charge in [-0.25, -0.2) is 4.79 Å². The molecular weight excluding hydrogens is 440 g/mol. The topological polar surface area (TPSA) is 178 Å². The summed E-state index contributed by atoms with van der Waals surface area (Å²) in [6, 6.07) is 9.82. The third-order valence-corrected chi connectivity index (χ3v) is 5.50. The molecule has 180 valence electrons. The molecule has 10 heteroatoms. The molecule has 3 rings (SSSR count). The van der Waals surface area contributed by atoms with Gasteiger partial charge >= 0.3 is 5.97 Å². The van der Waals surface area contributed by atoms with E-state index in [-0.39, 0.29) is 18.6 Å². The Hall–Kier alpha value is -3.89. The first-order valence-electron chi connectivity index (χ1n) is 10.8. The quantitative estimate of drug-likeness (QED) is 0.225. The second kappa shape index (κ2) is 10.8. The van der Waals surface area contributed by atoms with E-state index in [4.69, 9.17) is 5.73 Å². The summed E-state index contributed by atoms with van der Waals surface area (Å²) >= 11 is 0. The van der Waals surface area contributed by atoms with Crippen molar-refractivity contribution in [3.63, 3.8) is 0 Å². The van der Waals surface area contributed by atoms with Crippen LogP contribution in [0.1, 0.15) is 18.1 Å². The Labute approximate surface area is 195 Å². The first-order valence-corrected chi connectivity index (χ1v) is 10.8. The Bertz CT molecular complexity index is 1160. The maximum atomic E-state index is 12.8. The van der Waals surface area contributed by atoms with Crippen LogP contribution in [0.4, 0.5) is 0 Å². The Morgan fingerprint density at radius 1 is 1.00 bits per heavy atom. The number of carbonyl (C=O) groups excluding carboxylic acids is 2. The van der Waals surface area contributed by atoms with E-state index in [0.717, 1.165) is 10.9 Å². The maximum Gasteiger partial charge on any atom is 0.326 e. The van der Waals surface area contributed by atoms with Gasteiger partial charge in [-0.05, 0) is 42.7 Å². The van der Waals surface area contributed by atoms with Crippen LogP contribution < -0.4 is 16.4 Å². The van der Waals surface area contributed by atoms with Crippen molar-refractivity contribution in [3.05, 3.63) is 65.9 Å². The second-order valence-corrected chi connectivity index (χ2v) is 8.17. The number of amides is 2. The van der Waals surface area contributed by atoms with Gasteiger partial charge in [-0.3, -0.25) is 9.59 Å². The summed E-state index contributed by atoms with van der Waals surface area (Å²) < 4.78 is 0. The lowest BCUT2D eigenvalue weighted by Crippen LogP contribution is -2.58. The fraction of sp³-hybridized carbons (Fsp3) is 0.292. The number of hydrogen-bond donors (Lipinski definition) is 7. The number of aromatic amines is 1. The van der Waals surface area contributed by atoms with Crippen molar-refractivity contribution in [2.45, 2.75) is 44.0 Å². The number of carbonyl (C=O) groups is 3. The number of fused-ring (bicyclic) bond motifs is 1. The van der Waals surface area contributed by atoms with Crippen molar-refractivity contribution >= 4 is 28.7 Å². The first-order chi connectivity index (χ1) is 16.2. The molecule has 0 bridgehead atoms. The number of nitrogens with one attached hydrogen (secondary N) is 3. The molecule has 0 unspecified atom stereocenters. The first kappa shape index (κ1) is 24.7. The van der Waals surface area contributed by atoms with Gasteiger partial charge in [-0.2, -0.15) is 0 Å². The minimum Gasteiger partial charge on any atom is -0.508 e. The summed E-state index contributed by atoms with van der Waals surface area (Å²) in [5, 5.41) is 34.7. The molecule has 0 radical (unpaired) electrons. The summed E-state index contributed by atoms with van der Waals surface area (Å²) in [7, 11) is 0. The summed E-state index contributed by atoms with van der Waals surface area (Å²) in [6.45, 7) is 1.31. The zero-order valence-electron chi connectivity index (χ0n) is 18.6. The Morgan fingerprint density at radius 2 is 1.68 bits per heavy atom. The molecule has 2 amide bonds. The molecule has 0 aliphatic rings. The van der Waals surface area contributed by atoms with Crippen molar-refractivity contribution < 1.29 is 29.7 Å². The largest absolute Gasteiger partial charge is 0.508 e. The van der Waals surface area contributed by atoms with Crippen molar-refractivity contribution in [2.24, 2.45) is 5.73 Å². The number of phenolic OH excluding ortho intramolecular Hbond substituents is 1. The number of nitrogens with two attached hydrogens (primary N) is 1. The highest BCUT2D eigenvalue weighted by Gasteiger charge is 2.31. The van der Waals surface area contributed by atoms with Crippen LogP contribution in [0, 0.1) is 0 Å². The number of aliphatic carboxylic acids is 1. The van der Waals surface area contributed by atoms with E-state index in [9.17, 15) is 29.7 Å². The van der Waals surface area contributed by atoms with Crippen LogP contribution in [0.3, 0.4) is 0 Å². The number of hydrogen-bond acceptors (Lipinski definition) is 6. The Morgan fingerprint density at radius 3 is 2.32 bits per heavy atom. The third-order valence-electron chi connectivity index (χ3n) is 5.50. The number of aromatic nitrogens is 1. The predicted octanol–water partition coefficient (Wildman–Crippen LogP) is 0.421. The molecule has 0 aliphatic carbocycles. The maximum absolute atomic E-state index is 12.8. The van der Waals surface area contributed by atoms with Crippen LogP contribution in [0.25, 0.3) is 10.9 Å². The minimum atomic E-state index is -1.40. The molecule has 2 aromatic carbocycles. The highest BCUT2D eigenvalue weighted by molar-refractivity contribution is 5.92. The van der Waals surface area contributed by atoms with Crippen LogP contribution in [0.5, 0.6) is 5.75 Å². The molecule has 1 aromatic heterocycles. The fourth-order valence-electron chi connectivity index (χ4n) is 3.63. The summed E-state index contributed by atoms with van der Waals surface area (Å²) in [4.78, 5) is 40.3. The number of carboxylic acids is 1. The van der Waals surface area contributed by atoms with Gasteiger partial charge in [0.2, 0.25) is 11.8 Å². The molecule has 34 heavy (non-hydrogen) atoms. The van der Waals surface area contributed by atoms with E-state index >= 15 is 0 Å². The normalized spacial score (nSPS) is 14.7. The van der Waals surface area contributed by atoms with Crippen LogP contribution in [0.15, 0.2) is 54.7 Å². The van der Waals surface area contributed by atoms with E-state index in [2.05, 4.69) is 15.6 Å². The average Bonchev–Trinajstić information content (AvgIpc) is 3.20. The lowest BCUT2D eigenvalue weighted by molar-refractivity contribution is -0.142. The van der Waals surface area contributed by atoms with Gasteiger partial charge in [0.15, 0.2) is 0 Å². The number of aliphatic hydroxyl groups is 1. The van der Waals surface area contributed by atoms with Gasteiger partial charge in [0.1, 0.15) is 17.8 Å². The van der Waals surface area contributed by atoms with Crippen molar-refractivity contribution in [1.82, 2.24) is 15.6 Å². The van der Waals surface area contributed by atoms with E-state index in [1.165, 1.54) is 19.1 Å². The molecule has 0 saturated heterocycles. The van der Waals surface area contributed by atoms with Crippen LogP contribution in [0.2, 0.25) is 0 Å². The molecule has 0 saturated carbocycles. The van der Waals surface area contributed by atoms with Gasteiger partial charge in [-0.1, -0.05) is 30.3 Å². The van der Waals surface area contributed by atoms with Crippen molar-refractivity contribution in [1.29, 1.82) is 0 Å². The van der Waals surface area contributed by atoms with Crippen LogP contribution in [-0.4, -0.2) is 62.3 Å². The molecule has 1 heterocycles. The van der Waals surface area contributed by atoms with Crippen molar-refractivity contribution in [3.8, 4) is 5.75 Å². The minimum absolute atomic E-state index is 0.00588. The standard InChI is InChI=1S/C24H28N4O6/c1-13(29)21(28-22(31)18(25)10-14-6-8-16(30)9-7-14)23(32)27-20(24(33)34)11-15-12-26-19-5-3-2-4-17(15)19/h2-9,12-13,18,20-21,26,29-30H,10-11,25H2,1H3,(H,27,32)(H,28,31)(H,33,34)/t13-,18+,20+,21+/m1/s1. The molecule has 3 aromatic rings. The Kier molecular flexibility index (Phi) is 7.87. The molecule has 4 atom stereocenters. The van der Waals surface area contributed by atoms with E-state index in [1.807, 2.05) is 24.3 Å². The summed E-state index contributed by atoms with van der Waals surface area (Å²) in [6.07, 6.45) is 0.528. The third kappa shape index (κ3) is 6.12. The molecule has 8 N–H and O–H groups in total. The Balaban J connectivity index is 1.66. The van der Waals surface area contributed by atoms with Gasteiger partial charge in [0, 0.05) is 23.5 Å². The van der Waals surface area contributed by atoms with E-state index in [0.29, 0.717) is 11.1 Å². The fourth-order valence-corrected chi connectivity index (χ4v) is 3.63. The SMILES string of the molecule is C[C@@H](O)[C@H](NC(=O)[C@@H](N)Cc1ccc(O)cc1)C(=O)N[C@@H](Cc1c[nH]c2ccccc12)C(=O)O. The molecule has 10 nitrogen and oxygen atoms in total. The zero-order chi connectivity index (χ0) is 24.8. The van der Waals surface area contributed by atoms with E-state index < -0.39 is 42.0 Å². The number of carboxylic acid groups (broad SMARTS) is 1. The summed E-state index contributed by atoms with van der Waals surface area (Å²) in [5.74, 6) is -2.70. The van der Waals surface area contributed by atoms with Gasteiger partial charge in [0.25, 0.3) is 0 Å². The highest BCUT2D eigenvalue weighted by atomic mass is 16.4. The monoisotopic (exact) mass is 468 g/mol.